The fourth-order valence-electron chi connectivity index (χ4n) is 2.17. The predicted octanol–water partition coefficient (Wildman–Crippen LogP) is 1.97. The van der Waals surface area contributed by atoms with Gasteiger partial charge in [0.05, 0.1) is 18.3 Å². The van der Waals surface area contributed by atoms with Crippen LogP contribution in [-0.2, 0) is 14.2 Å². The first-order chi connectivity index (χ1) is 10.6. The van der Waals surface area contributed by atoms with E-state index < -0.39 is 18.5 Å². The van der Waals surface area contributed by atoms with Crippen molar-refractivity contribution in [2.45, 2.75) is 37.9 Å². The normalized spacial score (nSPS) is 24.7. The first-order valence-electron chi connectivity index (χ1n) is 7.14. The van der Waals surface area contributed by atoms with Gasteiger partial charge in [-0.2, -0.15) is 0 Å². The van der Waals surface area contributed by atoms with Crippen molar-refractivity contribution in [2.24, 2.45) is 0 Å². The first kappa shape index (κ1) is 16.5. The van der Waals surface area contributed by atoms with Crippen LogP contribution in [0.4, 0.5) is 0 Å². The molecule has 6 heteroatoms. The van der Waals surface area contributed by atoms with Gasteiger partial charge in [-0.25, -0.2) is 4.79 Å². The fourth-order valence-corrected chi connectivity index (χ4v) is 2.17. The van der Waals surface area contributed by atoms with Crippen molar-refractivity contribution >= 4 is 5.97 Å². The second-order valence-corrected chi connectivity index (χ2v) is 5.02. The van der Waals surface area contributed by atoms with Crippen LogP contribution in [0.2, 0.25) is 0 Å². The summed E-state index contributed by atoms with van der Waals surface area (Å²) in [7, 11) is 0. The number of hydrogen-bond donors (Lipinski definition) is 2. The molecule has 1 saturated heterocycles. The second kappa shape index (κ2) is 7.93. The molecular formula is C16H20O6. The molecule has 3 atom stereocenters. The zero-order chi connectivity index (χ0) is 15.9. The highest BCUT2D eigenvalue weighted by Crippen LogP contribution is 2.23. The van der Waals surface area contributed by atoms with E-state index in [1.807, 2.05) is 0 Å². The topological polar surface area (TPSA) is 85.2 Å². The van der Waals surface area contributed by atoms with Gasteiger partial charge in [0.25, 0.3) is 0 Å². The molecule has 0 bridgehead atoms. The van der Waals surface area contributed by atoms with Crippen LogP contribution < -0.4 is 0 Å². The van der Waals surface area contributed by atoms with Gasteiger partial charge >= 0.3 is 5.97 Å². The smallest absolute Gasteiger partial charge is 0.340 e. The largest absolute Gasteiger partial charge is 0.508 e. The van der Waals surface area contributed by atoms with Crippen molar-refractivity contribution in [2.75, 3.05) is 6.61 Å². The van der Waals surface area contributed by atoms with Crippen LogP contribution in [0.1, 0.15) is 29.6 Å². The highest BCUT2D eigenvalue weighted by Gasteiger charge is 2.31. The predicted molar refractivity (Wildman–Crippen MR) is 78.2 cm³/mol. The van der Waals surface area contributed by atoms with Crippen molar-refractivity contribution < 1.29 is 29.2 Å². The third-order valence-corrected chi connectivity index (χ3v) is 3.22. The molecule has 1 fully saturated rings. The van der Waals surface area contributed by atoms with Gasteiger partial charge < -0.3 is 24.4 Å². The van der Waals surface area contributed by atoms with Gasteiger partial charge in [0.1, 0.15) is 5.75 Å². The quantitative estimate of drug-likeness (QED) is 0.475. The number of rotatable bonds is 6. The number of benzene rings is 1. The molecule has 2 rings (SSSR count). The Morgan fingerprint density at radius 3 is 3.00 bits per heavy atom. The van der Waals surface area contributed by atoms with Crippen LogP contribution in [0.25, 0.3) is 0 Å². The van der Waals surface area contributed by atoms with Crippen LogP contribution in [0.5, 0.6) is 5.75 Å². The van der Waals surface area contributed by atoms with Crippen molar-refractivity contribution in [1.29, 1.82) is 0 Å². The van der Waals surface area contributed by atoms with Gasteiger partial charge in [-0.15, -0.1) is 6.58 Å². The summed E-state index contributed by atoms with van der Waals surface area (Å²) in [4.78, 5) is 12.0. The lowest BCUT2D eigenvalue weighted by atomic mass is 10.1. The van der Waals surface area contributed by atoms with E-state index >= 15 is 0 Å². The van der Waals surface area contributed by atoms with Crippen molar-refractivity contribution in [3.05, 3.63) is 42.5 Å². The number of carbonyl (C=O) groups excluding carboxylic acids is 1. The van der Waals surface area contributed by atoms with E-state index in [1.165, 1.54) is 18.2 Å². The SMILES string of the molecule is C=CCCOC1CC(O)OC(OC(=O)c2cccc(O)c2)C1. The third-order valence-electron chi connectivity index (χ3n) is 3.22. The van der Waals surface area contributed by atoms with Gasteiger partial charge in [0.15, 0.2) is 6.29 Å². The molecule has 0 saturated carbocycles. The van der Waals surface area contributed by atoms with Crippen molar-refractivity contribution in [3.8, 4) is 5.75 Å². The van der Waals surface area contributed by atoms with E-state index in [0.717, 1.165) is 0 Å². The zero-order valence-corrected chi connectivity index (χ0v) is 12.2. The average molecular weight is 308 g/mol. The van der Waals surface area contributed by atoms with Crippen molar-refractivity contribution in [3.63, 3.8) is 0 Å². The highest BCUT2D eigenvalue weighted by molar-refractivity contribution is 5.89. The van der Waals surface area contributed by atoms with E-state index in [9.17, 15) is 15.0 Å². The van der Waals surface area contributed by atoms with Gasteiger partial charge in [0, 0.05) is 12.8 Å². The first-order valence-corrected chi connectivity index (χ1v) is 7.14. The molecule has 0 amide bonds. The molecule has 0 aliphatic carbocycles. The summed E-state index contributed by atoms with van der Waals surface area (Å²) in [6.07, 6.45) is 0.967. The van der Waals surface area contributed by atoms with E-state index in [2.05, 4.69) is 6.58 Å². The Morgan fingerprint density at radius 1 is 1.45 bits per heavy atom. The zero-order valence-electron chi connectivity index (χ0n) is 12.2. The van der Waals surface area contributed by atoms with Crippen molar-refractivity contribution in [1.82, 2.24) is 0 Å². The molecular weight excluding hydrogens is 288 g/mol. The monoisotopic (exact) mass is 308 g/mol. The lowest BCUT2D eigenvalue weighted by molar-refractivity contribution is -0.256. The second-order valence-electron chi connectivity index (χ2n) is 5.02. The minimum absolute atomic E-state index is 0.0234. The highest BCUT2D eigenvalue weighted by atomic mass is 16.7. The van der Waals surface area contributed by atoms with Gasteiger partial charge in [-0.1, -0.05) is 12.1 Å². The number of aromatic hydroxyl groups is 1. The van der Waals surface area contributed by atoms with E-state index in [4.69, 9.17) is 14.2 Å². The number of phenolic OH excluding ortho intramolecular Hbond substituents is 1. The summed E-state index contributed by atoms with van der Waals surface area (Å²) in [6, 6.07) is 5.84. The lowest BCUT2D eigenvalue weighted by Gasteiger charge is -2.32. The maximum absolute atomic E-state index is 12.0. The Morgan fingerprint density at radius 2 is 2.27 bits per heavy atom. The maximum atomic E-state index is 12.0. The maximum Gasteiger partial charge on any atom is 0.340 e. The van der Waals surface area contributed by atoms with E-state index in [1.54, 1.807) is 12.1 Å². The third kappa shape index (κ3) is 4.84. The van der Waals surface area contributed by atoms with Crippen LogP contribution in [0.3, 0.4) is 0 Å². The Kier molecular flexibility index (Phi) is 5.94. The molecule has 1 aromatic rings. The summed E-state index contributed by atoms with van der Waals surface area (Å²) in [5.41, 5.74) is 0.216. The molecule has 3 unspecified atom stereocenters. The fraction of sp³-hybridized carbons (Fsp3) is 0.438. The van der Waals surface area contributed by atoms with Crippen LogP contribution in [-0.4, -0.2) is 41.5 Å². The molecule has 120 valence electrons. The molecule has 0 spiro atoms. The Labute approximate surface area is 128 Å². The molecule has 0 aromatic heterocycles. The number of ether oxygens (including phenoxy) is 3. The summed E-state index contributed by atoms with van der Waals surface area (Å²) in [6.45, 7) is 4.10. The van der Waals surface area contributed by atoms with Gasteiger partial charge in [-0.3, -0.25) is 0 Å². The van der Waals surface area contributed by atoms with Crippen LogP contribution >= 0.6 is 0 Å². The molecule has 1 heterocycles. The Balaban J connectivity index is 1.90. The number of esters is 1. The lowest BCUT2D eigenvalue weighted by Crippen LogP contribution is -2.39. The molecule has 6 nitrogen and oxygen atoms in total. The minimum Gasteiger partial charge on any atom is -0.508 e. The molecule has 0 radical (unpaired) electrons. The summed E-state index contributed by atoms with van der Waals surface area (Å²) in [5.74, 6) is -0.649. The molecule has 1 aromatic carbocycles. The van der Waals surface area contributed by atoms with Crippen LogP contribution in [0, 0.1) is 0 Å². The molecule has 1 aliphatic rings. The Hall–Kier alpha value is -1.89. The Bertz CT molecular complexity index is 515. The number of hydrogen-bond acceptors (Lipinski definition) is 6. The molecule has 22 heavy (non-hydrogen) atoms. The number of carbonyl (C=O) groups is 1. The standard InChI is InChI=1S/C16H20O6/c1-2-3-7-20-13-9-14(18)21-15(10-13)22-16(19)11-5-4-6-12(17)8-11/h2,4-6,8,13-15,17-18H,1,3,7,9-10H2. The van der Waals surface area contributed by atoms with E-state index in [0.29, 0.717) is 25.9 Å². The minimum atomic E-state index is -1.04. The van der Waals surface area contributed by atoms with E-state index in [-0.39, 0.29) is 17.4 Å². The molecule has 2 N–H and O–H groups in total. The number of aliphatic hydroxyl groups excluding tert-OH is 1. The molecule has 1 aliphatic heterocycles. The summed E-state index contributed by atoms with van der Waals surface area (Å²) >= 11 is 0. The summed E-state index contributed by atoms with van der Waals surface area (Å²) < 4.78 is 16.0. The number of aliphatic hydroxyl groups is 1. The number of phenols is 1. The average Bonchev–Trinajstić information content (AvgIpc) is 2.47. The summed E-state index contributed by atoms with van der Waals surface area (Å²) in [5, 5.41) is 19.0. The van der Waals surface area contributed by atoms with Crippen LogP contribution in [0.15, 0.2) is 36.9 Å². The van der Waals surface area contributed by atoms with Gasteiger partial charge in [-0.05, 0) is 24.6 Å². The van der Waals surface area contributed by atoms with Gasteiger partial charge in [0.2, 0.25) is 6.29 Å².